The fourth-order valence-electron chi connectivity index (χ4n) is 5.33. The number of hydrogen-bond donors (Lipinski definition) is 2. The third kappa shape index (κ3) is 4.71. The standard InChI is InChI=1S/C24H23ClF3NO6S/c1-35-21(30)11-24(32)13-3-4-14(24)8-16(7-13)36(33,34)20-6-12(2-5-17(20)25)23(31)29-15-9-18(26)22(28)19(27)10-15/h2,5-6,9-10,13-14,16,32H,3-4,7-8,11H2,1H3,(H,29,31). The van der Waals surface area contributed by atoms with Crippen LogP contribution in [0.3, 0.4) is 0 Å². The van der Waals surface area contributed by atoms with Crippen molar-refractivity contribution in [2.45, 2.75) is 47.9 Å². The minimum absolute atomic E-state index is 0.104. The molecular weight excluding hydrogens is 523 g/mol. The Kier molecular flexibility index (Phi) is 7.11. The van der Waals surface area contributed by atoms with Gasteiger partial charge in [-0.25, -0.2) is 21.6 Å². The summed E-state index contributed by atoms with van der Waals surface area (Å²) in [6, 6.07) is 4.72. The molecule has 0 aromatic heterocycles. The molecule has 36 heavy (non-hydrogen) atoms. The van der Waals surface area contributed by atoms with Crippen LogP contribution in [-0.2, 0) is 19.4 Å². The van der Waals surface area contributed by atoms with E-state index in [1.807, 2.05) is 0 Å². The summed E-state index contributed by atoms with van der Waals surface area (Å²) in [6.45, 7) is 0. The Morgan fingerprint density at radius 1 is 1.11 bits per heavy atom. The molecule has 4 rings (SSSR count). The number of hydrogen-bond acceptors (Lipinski definition) is 6. The number of sulfone groups is 1. The van der Waals surface area contributed by atoms with Crippen LogP contribution >= 0.6 is 11.6 Å². The molecule has 7 nitrogen and oxygen atoms in total. The number of fused-ring (bicyclic) bond motifs is 2. The highest BCUT2D eigenvalue weighted by Crippen LogP contribution is 2.53. The van der Waals surface area contributed by atoms with Crippen molar-refractivity contribution >= 4 is 39.0 Å². The van der Waals surface area contributed by atoms with E-state index in [9.17, 15) is 36.3 Å². The fourth-order valence-corrected chi connectivity index (χ4v) is 7.73. The van der Waals surface area contributed by atoms with Gasteiger partial charge in [-0.2, -0.15) is 0 Å². The SMILES string of the molecule is COC(=O)CC1(O)C2CCC1CC(S(=O)(=O)c1cc(C(=O)Nc3cc(F)c(F)c(F)c3)ccc1Cl)C2. The Bertz CT molecular complexity index is 1300. The van der Waals surface area contributed by atoms with Crippen LogP contribution in [0.4, 0.5) is 18.9 Å². The number of nitrogens with one attached hydrogen (secondary N) is 1. The van der Waals surface area contributed by atoms with Gasteiger partial charge >= 0.3 is 5.97 Å². The molecule has 2 aromatic carbocycles. The zero-order valence-electron chi connectivity index (χ0n) is 19.1. The van der Waals surface area contributed by atoms with Gasteiger partial charge in [0, 0.05) is 23.4 Å². The molecule has 2 aliphatic rings. The lowest BCUT2D eigenvalue weighted by Gasteiger charge is -2.41. The summed E-state index contributed by atoms with van der Waals surface area (Å²) in [7, 11) is -2.84. The Balaban J connectivity index is 1.58. The van der Waals surface area contributed by atoms with E-state index in [2.05, 4.69) is 10.1 Å². The van der Waals surface area contributed by atoms with Gasteiger partial charge in [0.25, 0.3) is 5.91 Å². The van der Waals surface area contributed by atoms with E-state index in [0.717, 1.165) is 6.07 Å². The normalized spacial score (nSPS) is 25.4. The third-order valence-electron chi connectivity index (χ3n) is 7.21. The zero-order valence-corrected chi connectivity index (χ0v) is 20.6. The number of esters is 1. The first-order chi connectivity index (χ1) is 16.9. The maximum absolute atomic E-state index is 13.5. The van der Waals surface area contributed by atoms with Crippen molar-refractivity contribution in [1.29, 1.82) is 0 Å². The number of ether oxygens (including phenoxy) is 1. The Morgan fingerprint density at radius 3 is 2.25 bits per heavy atom. The first-order valence-electron chi connectivity index (χ1n) is 11.1. The lowest BCUT2D eigenvalue weighted by Crippen LogP contribution is -2.49. The number of amides is 1. The zero-order chi connectivity index (χ0) is 26.4. The fraction of sp³-hybridized carbons (Fsp3) is 0.417. The summed E-state index contributed by atoms with van der Waals surface area (Å²) in [4.78, 5) is 24.2. The van der Waals surface area contributed by atoms with Crippen molar-refractivity contribution in [2.75, 3.05) is 12.4 Å². The average molecular weight is 546 g/mol. The molecule has 2 fully saturated rings. The number of methoxy groups -OCH3 is 1. The van der Waals surface area contributed by atoms with Crippen LogP contribution in [0, 0.1) is 29.3 Å². The van der Waals surface area contributed by atoms with Gasteiger partial charge in [0.05, 0.1) is 34.3 Å². The number of carbonyl (C=O) groups is 2. The molecule has 2 unspecified atom stereocenters. The van der Waals surface area contributed by atoms with E-state index in [-0.39, 0.29) is 40.4 Å². The van der Waals surface area contributed by atoms with Gasteiger partial charge in [0.15, 0.2) is 27.3 Å². The van der Waals surface area contributed by atoms with Crippen molar-refractivity contribution in [3.63, 3.8) is 0 Å². The van der Waals surface area contributed by atoms with E-state index < -0.39 is 61.9 Å². The van der Waals surface area contributed by atoms with Gasteiger partial charge in [0.2, 0.25) is 0 Å². The van der Waals surface area contributed by atoms with Gasteiger partial charge in [0.1, 0.15) is 0 Å². The summed E-state index contributed by atoms with van der Waals surface area (Å²) in [5.41, 5.74) is -1.85. The smallest absolute Gasteiger partial charge is 0.308 e. The molecule has 0 heterocycles. The number of halogens is 4. The molecule has 0 aliphatic heterocycles. The summed E-state index contributed by atoms with van der Waals surface area (Å²) >= 11 is 6.19. The topological polar surface area (TPSA) is 110 Å². The first kappa shape index (κ1) is 26.4. The van der Waals surface area contributed by atoms with Gasteiger partial charge in [-0.3, -0.25) is 9.59 Å². The van der Waals surface area contributed by atoms with Crippen molar-refractivity contribution in [3.8, 4) is 0 Å². The molecule has 2 bridgehead atoms. The minimum atomic E-state index is -4.06. The lowest BCUT2D eigenvalue weighted by atomic mass is 9.72. The van der Waals surface area contributed by atoms with Crippen LogP contribution in [0.5, 0.6) is 0 Å². The maximum atomic E-state index is 13.5. The molecule has 2 aromatic rings. The predicted molar refractivity (Wildman–Crippen MR) is 124 cm³/mol. The maximum Gasteiger partial charge on any atom is 0.308 e. The van der Waals surface area contributed by atoms with Gasteiger partial charge in [-0.15, -0.1) is 0 Å². The number of benzene rings is 2. The summed E-state index contributed by atoms with van der Waals surface area (Å²) < 4.78 is 71.9. The molecule has 2 saturated carbocycles. The van der Waals surface area contributed by atoms with Crippen LogP contribution in [0.25, 0.3) is 0 Å². The van der Waals surface area contributed by atoms with Gasteiger partial charge in [-0.1, -0.05) is 11.6 Å². The molecule has 2 N–H and O–H groups in total. The summed E-state index contributed by atoms with van der Waals surface area (Å²) in [5.74, 6) is -6.99. The van der Waals surface area contributed by atoms with Crippen LogP contribution in [0.2, 0.25) is 5.02 Å². The average Bonchev–Trinajstić information content (AvgIpc) is 2.98. The third-order valence-corrected chi connectivity index (χ3v) is 9.86. The summed E-state index contributed by atoms with van der Waals surface area (Å²) in [5, 5.41) is 12.3. The van der Waals surface area contributed by atoms with Crippen molar-refractivity contribution in [3.05, 3.63) is 58.4 Å². The predicted octanol–water partition coefficient (Wildman–Crippen LogP) is 4.27. The van der Waals surface area contributed by atoms with Crippen LogP contribution < -0.4 is 5.32 Å². The quantitative estimate of drug-likeness (QED) is 0.414. The van der Waals surface area contributed by atoms with E-state index in [1.54, 1.807) is 0 Å². The molecule has 0 radical (unpaired) electrons. The van der Waals surface area contributed by atoms with Crippen LogP contribution in [0.1, 0.15) is 42.5 Å². The molecule has 1 amide bonds. The van der Waals surface area contributed by atoms with Crippen LogP contribution in [-0.4, -0.2) is 43.4 Å². The lowest BCUT2D eigenvalue weighted by molar-refractivity contribution is -0.152. The Hall–Kier alpha value is -2.63. The monoisotopic (exact) mass is 545 g/mol. The van der Waals surface area contributed by atoms with Crippen molar-refractivity contribution in [2.24, 2.45) is 11.8 Å². The number of carbonyl (C=O) groups excluding carboxylic acids is 2. The van der Waals surface area contributed by atoms with Crippen molar-refractivity contribution < 1.29 is 41.0 Å². The molecule has 2 atom stereocenters. The second-order valence-corrected chi connectivity index (χ2v) is 11.8. The minimum Gasteiger partial charge on any atom is -0.469 e. The largest absolute Gasteiger partial charge is 0.469 e. The molecule has 0 spiro atoms. The van der Waals surface area contributed by atoms with E-state index in [0.29, 0.717) is 25.0 Å². The van der Waals surface area contributed by atoms with E-state index in [1.165, 1.54) is 19.2 Å². The highest BCUT2D eigenvalue weighted by atomic mass is 35.5. The number of aliphatic hydroxyl groups is 1. The second-order valence-electron chi connectivity index (χ2n) is 9.21. The first-order valence-corrected chi connectivity index (χ1v) is 13.1. The second kappa shape index (κ2) is 9.68. The Morgan fingerprint density at radius 2 is 1.69 bits per heavy atom. The van der Waals surface area contributed by atoms with Gasteiger partial charge < -0.3 is 15.2 Å². The molecule has 12 heteroatoms. The van der Waals surface area contributed by atoms with Gasteiger partial charge in [-0.05, 0) is 55.7 Å². The Labute approximate surface area is 210 Å². The van der Waals surface area contributed by atoms with Crippen LogP contribution in [0.15, 0.2) is 35.2 Å². The van der Waals surface area contributed by atoms with E-state index in [4.69, 9.17) is 11.6 Å². The highest BCUT2D eigenvalue weighted by Gasteiger charge is 2.56. The molecule has 194 valence electrons. The van der Waals surface area contributed by atoms with E-state index >= 15 is 0 Å². The highest BCUT2D eigenvalue weighted by molar-refractivity contribution is 7.92. The number of anilines is 1. The molecule has 2 aliphatic carbocycles. The molecule has 0 saturated heterocycles. The van der Waals surface area contributed by atoms with Crippen molar-refractivity contribution in [1.82, 2.24) is 0 Å². The molecular formula is C24H23ClF3NO6S. The summed E-state index contributed by atoms with van der Waals surface area (Å²) in [6.07, 6.45) is 1.11. The number of rotatable bonds is 6.